The van der Waals surface area contributed by atoms with E-state index in [9.17, 15) is 0 Å². The lowest BCUT2D eigenvalue weighted by Crippen LogP contribution is -1.98. The molecule has 0 fully saturated rings. The Kier molecular flexibility index (Phi) is 2.37. The van der Waals surface area contributed by atoms with Gasteiger partial charge in [0.2, 0.25) is 0 Å². The fraction of sp³-hybridized carbons (Fsp3) is 0.0909. The molecule has 0 atom stereocenters. The molecule has 1 aromatic heterocycles. The summed E-state index contributed by atoms with van der Waals surface area (Å²) in [7, 11) is 0. The van der Waals surface area contributed by atoms with Crippen molar-refractivity contribution in [3.63, 3.8) is 0 Å². The predicted molar refractivity (Wildman–Crippen MR) is 55.5 cm³/mol. The van der Waals surface area contributed by atoms with E-state index in [1.807, 2.05) is 13.0 Å². The van der Waals surface area contributed by atoms with E-state index in [4.69, 9.17) is 10.5 Å². The summed E-state index contributed by atoms with van der Waals surface area (Å²) in [4.78, 5) is 3.82. The number of hydrogen-bond acceptors (Lipinski definition) is 4. The lowest BCUT2D eigenvalue weighted by Gasteiger charge is -2.04. The molecule has 0 saturated carbocycles. The SMILES string of the molecule is Cc1cc(C#N)ccc1-n1cnc(C#N)n1. The molecular weight excluding hydrogens is 202 g/mol. The number of nitriles is 2. The Morgan fingerprint density at radius 1 is 1.25 bits per heavy atom. The van der Waals surface area contributed by atoms with Gasteiger partial charge in [0.15, 0.2) is 0 Å². The van der Waals surface area contributed by atoms with Crippen LogP contribution >= 0.6 is 0 Å². The van der Waals surface area contributed by atoms with E-state index in [1.54, 1.807) is 18.2 Å². The monoisotopic (exact) mass is 209 g/mol. The molecule has 1 heterocycles. The van der Waals surface area contributed by atoms with Crippen LogP contribution in [-0.4, -0.2) is 14.8 Å². The van der Waals surface area contributed by atoms with Crippen molar-refractivity contribution in [1.82, 2.24) is 14.8 Å². The molecule has 5 heteroatoms. The van der Waals surface area contributed by atoms with Crippen molar-refractivity contribution in [3.8, 4) is 17.8 Å². The summed E-state index contributed by atoms with van der Waals surface area (Å²) in [6.45, 7) is 1.88. The van der Waals surface area contributed by atoms with Crippen LogP contribution in [-0.2, 0) is 0 Å². The average Bonchev–Trinajstić information content (AvgIpc) is 2.77. The molecule has 0 aliphatic rings. The van der Waals surface area contributed by atoms with E-state index in [0.29, 0.717) is 5.56 Å². The zero-order valence-corrected chi connectivity index (χ0v) is 8.55. The first kappa shape index (κ1) is 9.88. The number of benzene rings is 1. The van der Waals surface area contributed by atoms with Gasteiger partial charge in [-0.25, -0.2) is 9.67 Å². The van der Waals surface area contributed by atoms with Crippen LogP contribution in [0.4, 0.5) is 0 Å². The molecule has 0 aliphatic carbocycles. The van der Waals surface area contributed by atoms with Gasteiger partial charge in [-0.2, -0.15) is 10.5 Å². The average molecular weight is 209 g/mol. The molecule has 1 aromatic carbocycles. The molecule has 0 N–H and O–H groups in total. The first-order valence-corrected chi connectivity index (χ1v) is 4.57. The van der Waals surface area contributed by atoms with Crippen molar-refractivity contribution < 1.29 is 0 Å². The maximum atomic E-state index is 8.74. The fourth-order valence-electron chi connectivity index (χ4n) is 1.41. The number of hydrogen-bond donors (Lipinski definition) is 0. The van der Waals surface area contributed by atoms with Crippen LogP contribution in [0.5, 0.6) is 0 Å². The lowest BCUT2D eigenvalue weighted by atomic mass is 10.1. The molecule has 0 spiro atoms. The maximum absolute atomic E-state index is 8.74. The first-order valence-electron chi connectivity index (χ1n) is 4.57. The minimum atomic E-state index is 0.128. The second kappa shape index (κ2) is 3.84. The topological polar surface area (TPSA) is 78.3 Å². The highest BCUT2D eigenvalue weighted by Crippen LogP contribution is 2.14. The normalized spacial score (nSPS) is 9.44. The molecule has 5 nitrogen and oxygen atoms in total. The molecule has 0 unspecified atom stereocenters. The summed E-state index contributed by atoms with van der Waals surface area (Å²) in [5.74, 6) is 0.128. The third kappa shape index (κ3) is 1.62. The summed E-state index contributed by atoms with van der Waals surface area (Å²) >= 11 is 0. The van der Waals surface area contributed by atoms with Crippen molar-refractivity contribution >= 4 is 0 Å². The number of aryl methyl sites for hydroxylation is 1. The largest absolute Gasteiger partial charge is 0.252 e. The van der Waals surface area contributed by atoms with Gasteiger partial charge in [0.1, 0.15) is 12.4 Å². The van der Waals surface area contributed by atoms with Crippen LogP contribution in [0, 0.1) is 29.6 Å². The molecule has 0 amide bonds. The Hall–Kier alpha value is -2.66. The summed E-state index contributed by atoms with van der Waals surface area (Å²) in [5, 5.41) is 21.3. The van der Waals surface area contributed by atoms with Gasteiger partial charge in [-0.15, -0.1) is 5.10 Å². The third-order valence-corrected chi connectivity index (χ3v) is 2.16. The Morgan fingerprint density at radius 3 is 2.62 bits per heavy atom. The van der Waals surface area contributed by atoms with Gasteiger partial charge in [0.25, 0.3) is 5.82 Å². The van der Waals surface area contributed by atoms with Crippen LogP contribution in [0.15, 0.2) is 24.5 Å². The van der Waals surface area contributed by atoms with Crippen LogP contribution in [0.2, 0.25) is 0 Å². The van der Waals surface area contributed by atoms with E-state index in [0.717, 1.165) is 11.3 Å². The molecule has 0 saturated heterocycles. The van der Waals surface area contributed by atoms with Crippen LogP contribution in [0.3, 0.4) is 0 Å². The Morgan fingerprint density at radius 2 is 2.06 bits per heavy atom. The standard InChI is InChI=1S/C11H7N5/c1-8-4-9(5-12)2-3-10(8)16-7-14-11(6-13)15-16/h2-4,7H,1H3. The Bertz CT molecular complexity index is 612. The van der Waals surface area contributed by atoms with Crippen molar-refractivity contribution in [2.75, 3.05) is 0 Å². The summed E-state index contributed by atoms with van der Waals surface area (Å²) in [6, 6.07) is 9.18. The van der Waals surface area contributed by atoms with Gasteiger partial charge >= 0.3 is 0 Å². The summed E-state index contributed by atoms with van der Waals surface area (Å²) < 4.78 is 1.52. The molecule has 0 bridgehead atoms. The molecule has 0 radical (unpaired) electrons. The number of nitrogens with zero attached hydrogens (tertiary/aromatic N) is 5. The van der Waals surface area contributed by atoms with E-state index >= 15 is 0 Å². The summed E-state index contributed by atoms with van der Waals surface area (Å²) in [6.07, 6.45) is 1.48. The first-order chi connectivity index (χ1) is 7.74. The van der Waals surface area contributed by atoms with Gasteiger partial charge in [-0.3, -0.25) is 0 Å². The highest BCUT2D eigenvalue weighted by Gasteiger charge is 2.05. The van der Waals surface area contributed by atoms with Gasteiger partial charge in [-0.1, -0.05) is 0 Å². The van der Waals surface area contributed by atoms with Gasteiger partial charge in [-0.05, 0) is 30.7 Å². The van der Waals surface area contributed by atoms with Crippen molar-refractivity contribution in [2.24, 2.45) is 0 Å². The van der Waals surface area contributed by atoms with Crippen molar-refractivity contribution in [3.05, 3.63) is 41.5 Å². The smallest absolute Gasteiger partial charge is 0.219 e. The number of aromatic nitrogens is 3. The van der Waals surface area contributed by atoms with E-state index in [2.05, 4.69) is 16.2 Å². The van der Waals surface area contributed by atoms with Crippen LogP contribution < -0.4 is 0 Å². The maximum Gasteiger partial charge on any atom is 0.252 e. The number of rotatable bonds is 1. The minimum absolute atomic E-state index is 0.128. The zero-order valence-electron chi connectivity index (χ0n) is 8.55. The molecule has 0 aliphatic heterocycles. The second-order valence-corrected chi connectivity index (χ2v) is 3.24. The van der Waals surface area contributed by atoms with Gasteiger partial charge < -0.3 is 0 Å². The van der Waals surface area contributed by atoms with Crippen LogP contribution in [0.1, 0.15) is 17.0 Å². The molecule has 2 rings (SSSR count). The van der Waals surface area contributed by atoms with Crippen molar-refractivity contribution in [2.45, 2.75) is 6.92 Å². The fourth-order valence-corrected chi connectivity index (χ4v) is 1.41. The van der Waals surface area contributed by atoms with E-state index in [1.165, 1.54) is 11.0 Å². The highest BCUT2D eigenvalue weighted by atomic mass is 15.3. The van der Waals surface area contributed by atoms with E-state index < -0.39 is 0 Å². The Labute approximate surface area is 92.2 Å². The third-order valence-electron chi connectivity index (χ3n) is 2.16. The lowest BCUT2D eigenvalue weighted by molar-refractivity contribution is 0.865. The zero-order chi connectivity index (χ0) is 11.5. The van der Waals surface area contributed by atoms with Gasteiger partial charge in [0, 0.05) is 0 Å². The molecule has 16 heavy (non-hydrogen) atoms. The Balaban J connectivity index is 2.50. The van der Waals surface area contributed by atoms with E-state index in [-0.39, 0.29) is 5.82 Å². The second-order valence-electron chi connectivity index (χ2n) is 3.24. The molecular formula is C11H7N5. The van der Waals surface area contributed by atoms with Gasteiger partial charge in [0.05, 0.1) is 17.3 Å². The highest BCUT2D eigenvalue weighted by molar-refractivity contribution is 5.45. The minimum Gasteiger partial charge on any atom is -0.219 e. The van der Waals surface area contributed by atoms with Crippen molar-refractivity contribution in [1.29, 1.82) is 10.5 Å². The predicted octanol–water partition coefficient (Wildman–Crippen LogP) is 1.32. The molecule has 2 aromatic rings. The van der Waals surface area contributed by atoms with Crippen LogP contribution in [0.25, 0.3) is 5.69 Å². The molecule has 76 valence electrons. The summed E-state index contributed by atoms with van der Waals surface area (Å²) in [5.41, 5.74) is 2.32. The quantitative estimate of drug-likeness (QED) is 0.709.